The summed E-state index contributed by atoms with van der Waals surface area (Å²) in [5.74, 6) is -0.637. The Balaban J connectivity index is 1.49. The first-order valence-electron chi connectivity index (χ1n) is 8.13. The number of nitrogens with zero attached hydrogens (tertiary/aromatic N) is 1. The molecule has 2 N–H and O–H groups in total. The lowest BCUT2D eigenvalue weighted by Crippen LogP contribution is -2.25. The SMILES string of the molecule is O=C(CCNC(=O)c1cc2nccc(CO)c2s1)OCc1ccccc1. The monoisotopic (exact) mass is 370 g/mol. The lowest BCUT2D eigenvalue weighted by molar-refractivity contribution is -0.144. The van der Waals surface area contributed by atoms with E-state index in [-0.39, 0.29) is 38.1 Å². The van der Waals surface area contributed by atoms with Crippen LogP contribution in [0.1, 0.15) is 27.2 Å². The van der Waals surface area contributed by atoms with Gasteiger partial charge < -0.3 is 15.2 Å². The van der Waals surface area contributed by atoms with E-state index in [2.05, 4.69) is 10.3 Å². The molecule has 0 atom stereocenters. The number of esters is 1. The molecule has 0 fully saturated rings. The third-order valence-corrected chi connectivity index (χ3v) is 4.94. The van der Waals surface area contributed by atoms with Gasteiger partial charge in [-0.1, -0.05) is 30.3 Å². The van der Waals surface area contributed by atoms with Crippen molar-refractivity contribution in [1.82, 2.24) is 10.3 Å². The van der Waals surface area contributed by atoms with Crippen LogP contribution in [0.15, 0.2) is 48.7 Å². The Labute approximate surface area is 154 Å². The largest absolute Gasteiger partial charge is 0.461 e. The fraction of sp³-hybridized carbons (Fsp3) is 0.211. The molecule has 2 aromatic heterocycles. The molecule has 134 valence electrons. The number of amides is 1. The van der Waals surface area contributed by atoms with Gasteiger partial charge in [-0.25, -0.2) is 0 Å². The maximum absolute atomic E-state index is 12.2. The van der Waals surface area contributed by atoms with Crippen LogP contribution in [0.3, 0.4) is 0 Å². The van der Waals surface area contributed by atoms with Crippen LogP contribution in [-0.2, 0) is 22.7 Å². The maximum atomic E-state index is 12.2. The van der Waals surface area contributed by atoms with Crippen LogP contribution in [0.5, 0.6) is 0 Å². The molecular formula is C19H18N2O4S. The Morgan fingerprint density at radius 3 is 2.77 bits per heavy atom. The van der Waals surface area contributed by atoms with Gasteiger partial charge in [0.25, 0.3) is 5.91 Å². The number of fused-ring (bicyclic) bond motifs is 1. The molecule has 3 aromatic rings. The van der Waals surface area contributed by atoms with Gasteiger partial charge in [0.15, 0.2) is 0 Å². The van der Waals surface area contributed by atoms with E-state index >= 15 is 0 Å². The lowest BCUT2D eigenvalue weighted by Gasteiger charge is -2.05. The zero-order valence-electron chi connectivity index (χ0n) is 14.0. The first-order chi connectivity index (χ1) is 12.7. The number of rotatable bonds is 7. The molecule has 0 aliphatic rings. The highest BCUT2D eigenvalue weighted by molar-refractivity contribution is 7.21. The topological polar surface area (TPSA) is 88.5 Å². The third kappa shape index (κ3) is 4.44. The van der Waals surface area contributed by atoms with E-state index in [9.17, 15) is 14.7 Å². The summed E-state index contributed by atoms with van der Waals surface area (Å²) in [6, 6.07) is 12.8. The second-order valence-corrected chi connectivity index (χ2v) is 6.66. The van der Waals surface area contributed by atoms with Crippen molar-refractivity contribution in [1.29, 1.82) is 0 Å². The number of hydrogen-bond donors (Lipinski definition) is 2. The smallest absolute Gasteiger partial charge is 0.307 e. The van der Waals surface area contributed by atoms with Crippen LogP contribution in [-0.4, -0.2) is 28.5 Å². The van der Waals surface area contributed by atoms with E-state index in [4.69, 9.17) is 4.74 Å². The molecule has 2 heterocycles. The Hall–Kier alpha value is -2.77. The highest BCUT2D eigenvalue weighted by Crippen LogP contribution is 2.27. The van der Waals surface area contributed by atoms with E-state index in [1.54, 1.807) is 18.3 Å². The van der Waals surface area contributed by atoms with Gasteiger partial charge in [0.1, 0.15) is 6.61 Å². The van der Waals surface area contributed by atoms with Crippen molar-refractivity contribution in [3.8, 4) is 0 Å². The standard InChI is InChI=1S/C19H18N2O4S/c22-11-14-6-8-20-15-10-16(26-18(14)15)19(24)21-9-7-17(23)25-12-13-4-2-1-3-5-13/h1-6,8,10,22H,7,9,11-12H2,(H,21,24). The quantitative estimate of drug-likeness (QED) is 0.624. The van der Waals surface area contributed by atoms with E-state index in [1.165, 1.54) is 11.3 Å². The number of nitrogens with one attached hydrogen (secondary N) is 1. The highest BCUT2D eigenvalue weighted by atomic mass is 32.1. The van der Waals surface area contributed by atoms with Crippen molar-refractivity contribution in [2.24, 2.45) is 0 Å². The van der Waals surface area contributed by atoms with E-state index in [1.807, 2.05) is 30.3 Å². The average Bonchev–Trinajstić information content (AvgIpc) is 3.11. The minimum absolute atomic E-state index is 0.101. The number of aromatic nitrogens is 1. The summed E-state index contributed by atoms with van der Waals surface area (Å²) < 4.78 is 5.96. The normalized spacial score (nSPS) is 10.7. The number of benzene rings is 1. The Morgan fingerprint density at radius 2 is 2.00 bits per heavy atom. The second-order valence-electron chi connectivity index (χ2n) is 5.61. The third-order valence-electron chi connectivity index (χ3n) is 3.74. The van der Waals surface area contributed by atoms with Crippen LogP contribution in [0.2, 0.25) is 0 Å². The van der Waals surface area contributed by atoms with Gasteiger partial charge in [-0.3, -0.25) is 14.6 Å². The number of carbonyl (C=O) groups is 2. The summed E-state index contributed by atoms with van der Waals surface area (Å²) in [5.41, 5.74) is 2.33. The summed E-state index contributed by atoms with van der Waals surface area (Å²) in [4.78, 5) is 28.7. The first-order valence-corrected chi connectivity index (χ1v) is 8.95. The number of ether oxygens (including phenoxy) is 1. The molecule has 0 saturated carbocycles. The summed E-state index contributed by atoms with van der Waals surface area (Å²) in [6.07, 6.45) is 1.70. The minimum atomic E-state index is -0.366. The summed E-state index contributed by atoms with van der Waals surface area (Å²) in [6.45, 7) is 0.314. The Morgan fingerprint density at radius 1 is 1.19 bits per heavy atom. The van der Waals surface area contributed by atoms with E-state index in [0.29, 0.717) is 10.4 Å². The van der Waals surface area contributed by atoms with Crippen LogP contribution in [0.4, 0.5) is 0 Å². The second kappa shape index (κ2) is 8.55. The highest BCUT2D eigenvalue weighted by Gasteiger charge is 2.13. The average molecular weight is 370 g/mol. The number of carbonyl (C=O) groups excluding carboxylic acids is 2. The van der Waals surface area contributed by atoms with Gasteiger partial charge in [-0.15, -0.1) is 11.3 Å². The fourth-order valence-electron chi connectivity index (χ4n) is 2.40. The van der Waals surface area contributed by atoms with Crippen molar-refractivity contribution in [3.05, 3.63) is 64.7 Å². The molecular weight excluding hydrogens is 352 g/mol. The van der Waals surface area contributed by atoms with Crippen molar-refractivity contribution in [2.45, 2.75) is 19.6 Å². The fourth-order valence-corrected chi connectivity index (χ4v) is 3.44. The zero-order valence-corrected chi connectivity index (χ0v) is 14.8. The molecule has 0 bridgehead atoms. The van der Waals surface area contributed by atoms with Crippen molar-refractivity contribution in [3.63, 3.8) is 0 Å². The molecule has 0 spiro atoms. The maximum Gasteiger partial charge on any atom is 0.307 e. The number of pyridine rings is 1. The van der Waals surface area contributed by atoms with Crippen molar-refractivity contribution >= 4 is 33.4 Å². The Kier molecular flexibility index (Phi) is 5.93. The van der Waals surface area contributed by atoms with Crippen LogP contribution in [0.25, 0.3) is 10.2 Å². The molecule has 0 saturated heterocycles. The van der Waals surface area contributed by atoms with E-state index < -0.39 is 0 Å². The van der Waals surface area contributed by atoms with Crippen LogP contribution < -0.4 is 5.32 Å². The van der Waals surface area contributed by atoms with Gasteiger partial charge in [0.05, 0.1) is 28.1 Å². The Bertz CT molecular complexity index is 908. The molecule has 0 aliphatic heterocycles. The van der Waals surface area contributed by atoms with Gasteiger partial charge in [0, 0.05) is 12.7 Å². The van der Waals surface area contributed by atoms with Crippen molar-refractivity contribution < 1.29 is 19.4 Å². The number of thiophene rings is 1. The van der Waals surface area contributed by atoms with Gasteiger partial charge in [-0.05, 0) is 23.3 Å². The first kappa shape index (κ1) is 18.0. The number of aliphatic hydroxyl groups excluding tert-OH is 1. The lowest BCUT2D eigenvalue weighted by atomic mass is 10.2. The van der Waals surface area contributed by atoms with Gasteiger partial charge in [-0.2, -0.15) is 0 Å². The van der Waals surface area contributed by atoms with Crippen LogP contribution >= 0.6 is 11.3 Å². The zero-order chi connectivity index (χ0) is 18.4. The molecule has 1 amide bonds. The summed E-state index contributed by atoms with van der Waals surface area (Å²) in [5, 5.41) is 12.1. The summed E-state index contributed by atoms with van der Waals surface area (Å²) >= 11 is 1.27. The van der Waals surface area contributed by atoms with Crippen molar-refractivity contribution in [2.75, 3.05) is 6.54 Å². The molecule has 0 unspecified atom stereocenters. The predicted octanol–water partition coefficient (Wildman–Crippen LogP) is 2.65. The minimum Gasteiger partial charge on any atom is -0.461 e. The predicted molar refractivity (Wildman–Crippen MR) is 98.7 cm³/mol. The molecule has 26 heavy (non-hydrogen) atoms. The van der Waals surface area contributed by atoms with Gasteiger partial charge >= 0.3 is 5.97 Å². The number of aliphatic hydroxyl groups is 1. The van der Waals surface area contributed by atoms with Crippen LogP contribution in [0, 0.1) is 0 Å². The van der Waals surface area contributed by atoms with E-state index in [0.717, 1.165) is 15.8 Å². The molecule has 0 aliphatic carbocycles. The summed E-state index contributed by atoms with van der Waals surface area (Å²) in [7, 11) is 0. The molecule has 6 nitrogen and oxygen atoms in total. The molecule has 0 radical (unpaired) electrons. The molecule has 3 rings (SSSR count). The van der Waals surface area contributed by atoms with Gasteiger partial charge in [0.2, 0.25) is 0 Å². The molecule has 7 heteroatoms. The number of hydrogen-bond acceptors (Lipinski definition) is 6. The molecule has 1 aromatic carbocycles.